The Morgan fingerprint density at radius 2 is 2.11 bits per heavy atom. The van der Waals surface area contributed by atoms with Gasteiger partial charge in [0.15, 0.2) is 0 Å². The Labute approximate surface area is 162 Å². The third-order valence-corrected chi connectivity index (χ3v) is 5.50. The van der Waals surface area contributed by atoms with E-state index in [0.29, 0.717) is 30.1 Å². The Bertz CT molecular complexity index is 807. The van der Waals surface area contributed by atoms with Gasteiger partial charge >= 0.3 is 0 Å². The number of aliphatic hydroxyl groups is 1. The van der Waals surface area contributed by atoms with Crippen molar-refractivity contribution < 1.29 is 9.90 Å². The highest BCUT2D eigenvalue weighted by Crippen LogP contribution is 2.28. The lowest BCUT2D eigenvalue weighted by molar-refractivity contribution is 0.0868. The van der Waals surface area contributed by atoms with Gasteiger partial charge in [0.1, 0.15) is 17.8 Å². The van der Waals surface area contributed by atoms with Gasteiger partial charge in [-0.05, 0) is 31.6 Å². The van der Waals surface area contributed by atoms with E-state index >= 15 is 0 Å². The van der Waals surface area contributed by atoms with Gasteiger partial charge in [-0.1, -0.05) is 11.6 Å². The standard InChI is InChI=1S/C18H23ClN6O2/c19-13-8-22-25(10-13)9-12-5-14(16(26)6-12)23-18(27)15-7-17(21-11-20-15)24-3-1-2-4-24/h7-8,10-12,14,16,26H,1-6,9H2,(H,23,27)/t12?,14-,16-/m1/s1. The first-order valence-electron chi connectivity index (χ1n) is 9.32. The molecule has 4 rings (SSSR count). The van der Waals surface area contributed by atoms with Crippen molar-refractivity contribution in [2.24, 2.45) is 5.92 Å². The van der Waals surface area contributed by atoms with Gasteiger partial charge in [0.05, 0.1) is 23.4 Å². The molecule has 144 valence electrons. The monoisotopic (exact) mass is 390 g/mol. The number of carbonyl (C=O) groups is 1. The second kappa shape index (κ2) is 7.82. The molecule has 0 spiro atoms. The second-order valence-electron chi connectivity index (χ2n) is 7.32. The zero-order valence-corrected chi connectivity index (χ0v) is 15.7. The SMILES string of the molecule is O=C(N[C@@H]1CC(Cn2cc(Cl)cn2)C[C@H]1O)c1cc(N2CCCC2)ncn1. The molecule has 1 saturated heterocycles. The third kappa shape index (κ3) is 4.22. The fraction of sp³-hybridized carbons (Fsp3) is 0.556. The highest BCUT2D eigenvalue weighted by molar-refractivity contribution is 6.30. The van der Waals surface area contributed by atoms with Gasteiger partial charge in [0.25, 0.3) is 5.91 Å². The van der Waals surface area contributed by atoms with E-state index < -0.39 is 6.10 Å². The van der Waals surface area contributed by atoms with Crippen molar-refractivity contribution in [3.63, 3.8) is 0 Å². The maximum absolute atomic E-state index is 12.6. The number of hydrogen-bond donors (Lipinski definition) is 2. The Morgan fingerprint density at radius 1 is 1.30 bits per heavy atom. The van der Waals surface area contributed by atoms with Gasteiger partial charge < -0.3 is 15.3 Å². The van der Waals surface area contributed by atoms with E-state index in [2.05, 4.69) is 25.3 Å². The maximum atomic E-state index is 12.6. The third-order valence-electron chi connectivity index (χ3n) is 5.31. The van der Waals surface area contributed by atoms with E-state index in [4.69, 9.17) is 11.6 Å². The van der Waals surface area contributed by atoms with Gasteiger partial charge in [-0.15, -0.1) is 0 Å². The number of halogens is 1. The average molecular weight is 391 g/mol. The van der Waals surface area contributed by atoms with E-state index in [1.165, 1.54) is 6.33 Å². The van der Waals surface area contributed by atoms with E-state index in [1.54, 1.807) is 23.1 Å². The molecule has 0 radical (unpaired) electrons. The van der Waals surface area contributed by atoms with Crippen LogP contribution in [0.15, 0.2) is 24.8 Å². The smallest absolute Gasteiger partial charge is 0.270 e. The first-order chi connectivity index (χ1) is 13.1. The Hall–Kier alpha value is -2.19. The normalized spacial score (nSPS) is 25.1. The molecular weight excluding hydrogens is 368 g/mol. The van der Waals surface area contributed by atoms with Crippen LogP contribution in [-0.2, 0) is 6.54 Å². The minimum Gasteiger partial charge on any atom is -0.391 e. The predicted molar refractivity (Wildman–Crippen MR) is 101 cm³/mol. The van der Waals surface area contributed by atoms with Crippen molar-refractivity contribution in [2.75, 3.05) is 18.0 Å². The molecule has 27 heavy (non-hydrogen) atoms. The van der Waals surface area contributed by atoms with Crippen molar-refractivity contribution >= 4 is 23.3 Å². The van der Waals surface area contributed by atoms with Crippen LogP contribution in [0.4, 0.5) is 5.82 Å². The number of nitrogens with one attached hydrogen (secondary N) is 1. The number of anilines is 1. The summed E-state index contributed by atoms with van der Waals surface area (Å²) in [6.07, 6.45) is 7.80. The van der Waals surface area contributed by atoms with Gasteiger partial charge in [-0.25, -0.2) is 9.97 Å². The first-order valence-corrected chi connectivity index (χ1v) is 9.70. The minimum absolute atomic E-state index is 0.229. The van der Waals surface area contributed by atoms with Crippen LogP contribution in [0.2, 0.25) is 5.02 Å². The van der Waals surface area contributed by atoms with Crippen LogP contribution in [0.25, 0.3) is 0 Å². The molecule has 2 aliphatic rings. The van der Waals surface area contributed by atoms with Gasteiger partial charge in [-0.2, -0.15) is 5.10 Å². The molecule has 1 aliphatic carbocycles. The topological polar surface area (TPSA) is 96.2 Å². The summed E-state index contributed by atoms with van der Waals surface area (Å²) in [5, 5.41) is 18.1. The maximum Gasteiger partial charge on any atom is 0.270 e. The number of rotatable bonds is 5. The number of amides is 1. The van der Waals surface area contributed by atoms with Crippen LogP contribution in [0.5, 0.6) is 0 Å². The zero-order valence-electron chi connectivity index (χ0n) is 15.0. The van der Waals surface area contributed by atoms with Gasteiger partial charge in [0.2, 0.25) is 0 Å². The molecule has 2 fully saturated rings. The van der Waals surface area contributed by atoms with Crippen LogP contribution in [0.1, 0.15) is 36.2 Å². The fourth-order valence-electron chi connectivity index (χ4n) is 3.96. The van der Waals surface area contributed by atoms with Gasteiger partial charge in [-0.3, -0.25) is 9.48 Å². The summed E-state index contributed by atoms with van der Waals surface area (Å²) in [6, 6.07) is 1.43. The molecule has 1 saturated carbocycles. The summed E-state index contributed by atoms with van der Waals surface area (Å²) in [7, 11) is 0. The lowest BCUT2D eigenvalue weighted by Crippen LogP contribution is -2.40. The molecule has 3 heterocycles. The largest absolute Gasteiger partial charge is 0.391 e. The molecule has 0 aromatic carbocycles. The fourth-order valence-corrected chi connectivity index (χ4v) is 4.11. The molecule has 2 aromatic heterocycles. The molecule has 3 atom stereocenters. The molecule has 0 bridgehead atoms. The van der Waals surface area contributed by atoms with E-state index in [-0.39, 0.29) is 17.9 Å². The van der Waals surface area contributed by atoms with E-state index in [1.807, 2.05) is 0 Å². The Morgan fingerprint density at radius 3 is 2.85 bits per heavy atom. The molecule has 8 nitrogen and oxygen atoms in total. The number of nitrogens with zero attached hydrogens (tertiary/aromatic N) is 5. The van der Waals surface area contributed by atoms with Crippen molar-refractivity contribution in [2.45, 2.75) is 44.4 Å². The number of carbonyl (C=O) groups excluding carboxylic acids is 1. The highest BCUT2D eigenvalue weighted by atomic mass is 35.5. The Balaban J connectivity index is 1.37. The molecular formula is C18H23ClN6O2. The van der Waals surface area contributed by atoms with Crippen LogP contribution < -0.4 is 10.2 Å². The summed E-state index contributed by atoms with van der Waals surface area (Å²) >= 11 is 5.89. The summed E-state index contributed by atoms with van der Waals surface area (Å²) in [4.78, 5) is 23.2. The van der Waals surface area contributed by atoms with E-state index in [9.17, 15) is 9.90 Å². The molecule has 1 amide bonds. The Kier molecular flexibility index (Phi) is 5.27. The molecule has 9 heteroatoms. The van der Waals surface area contributed by atoms with Crippen molar-refractivity contribution in [3.05, 3.63) is 35.5 Å². The van der Waals surface area contributed by atoms with Crippen molar-refractivity contribution in [1.82, 2.24) is 25.1 Å². The zero-order chi connectivity index (χ0) is 18.8. The summed E-state index contributed by atoms with van der Waals surface area (Å²) in [6.45, 7) is 2.58. The number of aliphatic hydroxyl groups excluding tert-OH is 1. The lowest BCUT2D eigenvalue weighted by atomic mass is 10.1. The number of aromatic nitrogens is 4. The van der Waals surface area contributed by atoms with Crippen LogP contribution >= 0.6 is 11.6 Å². The van der Waals surface area contributed by atoms with Crippen LogP contribution in [0.3, 0.4) is 0 Å². The summed E-state index contributed by atoms with van der Waals surface area (Å²) in [5.74, 6) is 0.740. The molecule has 2 aromatic rings. The summed E-state index contributed by atoms with van der Waals surface area (Å²) in [5.41, 5.74) is 0.335. The minimum atomic E-state index is -0.579. The van der Waals surface area contributed by atoms with Crippen molar-refractivity contribution in [3.8, 4) is 0 Å². The highest BCUT2D eigenvalue weighted by Gasteiger charge is 2.34. The quantitative estimate of drug-likeness (QED) is 0.803. The van der Waals surface area contributed by atoms with Gasteiger partial charge in [0, 0.05) is 31.9 Å². The van der Waals surface area contributed by atoms with Crippen molar-refractivity contribution in [1.29, 1.82) is 0 Å². The molecule has 2 N–H and O–H groups in total. The first kappa shape index (κ1) is 18.2. The summed E-state index contributed by atoms with van der Waals surface area (Å²) < 4.78 is 1.77. The van der Waals surface area contributed by atoms with Crippen LogP contribution in [0, 0.1) is 5.92 Å². The second-order valence-corrected chi connectivity index (χ2v) is 7.76. The van der Waals surface area contributed by atoms with E-state index in [0.717, 1.165) is 31.7 Å². The number of hydrogen-bond acceptors (Lipinski definition) is 6. The lowest BCUT2D eigenvalue weighted by Gasteiger charge is -2.18. The van der Waals surface area contributed by atoms with Crippen LogP contribution in [-0.4, -0.2) is 56.0 Å². The predicted octanol–water partition coefficient (Wildman–Crippen LogP) is 1.50. The molecule has 1 unspecified atom stereocenters. The average Bonchev–Trinajstić information content (AvgIpc) is 3.39. The molecule has 1 aliphatic heterocycles.